The molecule has 0 saturated heterocycles. The molecule has 0 heterocycles. The molecule has 1 aromatic rings. The van der Waals surface area contributed by atoms with Crippen molar-refractivity contribution in [1.82, 2.24) is 4.72 Å². The SMILES string of the molecule is CCC(CCO)NS(=O)(=O)c1cc(N)c(C)c(Cl)c1. The van der Waals surface area contributed by atoms with Crippen molar-refractivity contribution in [2.24, 2.45) is 0 Å². The highest BCUT2D eigenvalue weighted by Crippen LogP contribution is 2.26. The summed E-state index contributed by atoms with van der Waals surface area (Å²) in [4.78, 5) is 0.0389. The predicted molar refractivity (Wildman–Crippen MR) is 76.7 cm³/mol. The van der Waals surface area contributed by atoms with Crippen LogP contribution in [0.1, 0.15) is 25.3 Å². The van der Waals surface area contributed by atoms with Gasteiger partial charge in [-0.3, -0.25) is 0 Å². The molecule has 0 aliphatic carbocycles. The Morgan fingerprint density at radius 2 is 2.11 bits per heavy atom. The van der Waals surface area contributed by atoms with Crippen molar-refractivity contribution in [2.75, 3.05) is 12.3 Å². The molecule has 4 N–H and O–H groups in total. The molecule has 1 aromatic carbocycles. The van der Waals surface area contributed by atoms with Gasteiger partial charge in [-0.15, -0.1) is 0 Å². The van der Waals surface area contributed by atoms with Gasteiger partial charge in [-0.25, -0.2) is 13.1 Å². The molecule has 0 saturated carbocycles. The summed E-state index contributed by atoms with van der Waals surface area (Å²) in [7, 11) is -3.68. The largest absolute Gasteiger partial charge is 0.398 e. The highest BCUT2D eigenvalue weighted by molar-refractivity contribution is 7.89. The van der Waals surface area contributed by atoms with Gasteiger partial charge in [0.2, 0.25) is 10.0 Å². The van der Waals surface area contributed by atoms with E-state index in [1.807, 2.05) is 6.92 Å². The maximum Gasteiger partial charge on any atom is 0.240 e. The highest BCUT2D eigenvalue weighted by atomic mass is 35.5. The standard InChI is InChI=1S/C12H19ClN2O3S/c1-3-9(4-5-16)15-19(17,18)10-6-11(13)8(2)12(14)7-10/h6-7,9,15-16H,3-5,14H2,1-2H3. The van der Waals surface area contributed by atoms with Crippen LogP contribution in [-0.4, -0.2) is 26.2 Å². The third-order valence-corrected chi connectivity index (χ3v) is 4.85. The minimum atomic E-state index is -3.68. The molecule has 0 radical (unpaired) electrons. The van der Waals surface area contributed by atoms with Crippen LogP contribution in [0.4, 0.5) is 5.69 Å². The fourth-order valence-electron chi connectivity index (χ4n) is 1.62. The quantitative estimate of drug-likeness (QED) is 0.697. The summed E-state index contributed by atoms with van der Waals surface area (Å²) in [6.07, 6.45) is 0.958. The van der Waals surface area contributed by atoms with E-state index < -0.39 is 10.0 Å². The Hall–Kier alpha value is -0.820. The van der Waals surface area contributed by atoms with E-state index in [0.29, 0.717) is 29.1 Å². The van der Waals surface area contributed by atoms with E-state index in [0.717, 1.165) is 0 Å². The van der Waals surface area contributed by atoms with Crippen LogP contribution in [0, 0.1) is 6.92 Å². The second-order valence-corrected chi connectivity index (χ2v) is 6.48. The van der Waals surface area contributed by atoms with Crippen molar-refractivity contribution >= 4 is 27.3 Å². The van der Waals surface area contributed by atoms with E-state index in [9.17, 15) is 8.42 Å². The molecule has 0 spiro atoms. The Bertz CT molecular complexity index is 523. The lowest BCUT2D eigenvalue weighted by molar-refractivity contribution is 0.270. The first-order valence-corrected chi connectivity index (χ1v) is 7.86. The molecule has 7 heteroatoms. The minimum Gasteiger partial charge on any atom is -0.398 e. The number of nitrogen functional groups attached to an aromatic ring is 1. The second-order valence-electron chi connectivity index (χ2n) is 4.36. The average molecular weight is 307 g/mol. The predicted octanol–water partition coefficient (Wildman–Crippen LogP) is 1.67. The van der Waals surface area contributed by atoms with Gasteiger partial charge < -0.3 is 10.8 Å². The van der Waals surface area contributed by atoms with Gasteiger partial charge in [0.05, 0.1) is 4.90 Å². The van der Waals surface area contributed by atoms with E-state index in [-0.39, 0.29) is 17.5 Å². The summed E-state index contributed by atoms with van der Waals surface area (Å²) in [5.41, 5.74) is 6.72. The fourth-order valence-corrected chi connectivity index (χ4v) is 3.32. The summed E-state index contributed by atoms with van der Waals surface area (Å²) >= 11 is 5.94. The Morgan fingerprint density at radius 3 is 2.58 bits per heavy atom. The van der Waals surface area contributed by atoms with Crippen molar-refractivity contribution in [2.45, 2.75) is 37.6 Å². The fraction of sp³-hybridized carbons (Fsp3) is 0.500. The van der Waals surface area contributed by atoms with Gasteiger partial charge in [0, 0.05) is 23.4 Å². The molecule has 1 rings (SSSR count). The van der Waals surface area contributed by atoms with Crippen LogP contribution in [0.15, 0.2) is 17.0 Å². The number of benzene rings is 1. The number of sulfonamides is 1. The molecule has 5 nitrogen and oxygen atoms in total. The van der Waals surface area contributed by atoms with Crippen molar-refractivity contribution < 1.29 is 13.5 Å². The van der Waals surface area contributed by atoms with E-state index in [1.54, 1.807) is 6.92 Å². The van der Waals surface area contributed by atoms with Crippen LogP contribution in [0.5, 0.6) is 0 Å². The Balaban J connectivity index is 3.07. The molecule has 0 amide bonds. The molecule has 0 aliphatic heterocycles. The van der Waals surface area contributed by atoms with Gasteiger partial charge >= 0.3 is 0 Å². The van der Waals surface area contributed by atoms with Crippen LogP contribution in [0.25, 0.3) is 0 Å². The first-order valence-electron chi connectivity index (χ1n) is 6.00. The van der Waals surface area contributed by atoms with Crippen LogP contribution in [0.2, 0.25) is 5.02 Å². The molecule has 0 aliphatic rings. The zero-order chi connectivity index (χ0) is 14.6. The average Bonchev–Trinajstić information content (AvgIpc) is 2.34. The van der Waals surface area contributed by atoms with Gasteiger partial charge in [0.15, 0.2) is 0 Å². The van der Waals surface area contributed by atoms with Gasteiger partial charge in [0.1, 0.15) is 0 Å². The number of anilines is 1. The molecular formula is C12H19ClN2O3S. The van der Waals surface area contributed by atoms with E-state index >= 15 is 0 Å². The number of halogens is 1. The smallest absolute Gasteiger partial charge is 0.240 e. The van der Waals surface area contributed by atoms with Crippen LogP contribution < -0.4 is 10.5 Å². The first kappa shape index (κ1) is 16.2. The number of aliphatic hydroxyl groups is 1. The second kappa shape index (κ2) is 6.56. The zero-order valence-electron chi connectivity index (χ0n) is 11.0. The minimum absolute atomic E-state index is 0.0389. The van der Waals surface area contributed by atoms with Gasteiger partial charge in [-0.2, -0.15) is 0 Å². The van der Waals surface area contributed by atoms with Crippen molar-refractivity contribution in [3.8, 4) is 0 Å². The van der Waals surface area contributed by atoms with Crippen LogP contribution in [-0.2, 0) is 10.0 Å². The Morgan fingerprint density at radius 1 is 1.47 bits per heavy atom. The third kappa shape index (κ3) is 4.07. The first-order chi connectivity index (χ1) is 8.81. The molecular weight excluding hydrogens is 288 g/mol. The Labute approximate surface area is 118 Å². The number of rotatable bonds is 6. The maximum atomic E-state index is 12.2. The van der Waals surface area contributed by atoms with E-state index in [4.69, 9.17) is 22.4 Å². The lowest BCUT2D eigenvalue weighted by Crippen LogP contribution is -2.35. The topological polar surface area (TPSA) is 92.4 Å². The molecule has 1 atom stereocenters. The number of hydrogen-bond donors (Lipinski definition) is 3. The van der Waals surface area contributed by atoms with Crippen molar-refractivity contribution in [1.29, 1.82) is 0 Å². The van der Waals surface area contributed by atoms with Crippen LogP contribution in [0.3, 0.4) is 0 Å². The van der Waals surface area contributed by atoms with Crippen molar-refractivity contribution in [3.63, 3.8) is 0 Å². The molecule has 0 fully saturated rings. The molecule has 19 heavy (non-hydrogen) atoms. The van der Waals surface area contributed by atoms with Gasteiger partial charge in [-0.05, 0) is 37.5 Å². The number of nitrogens with two attached hydrogens (primary N) is 1. The van der Waals surface area contributed by atoms with Crippen molar-refractivity contribution in [3.05, 3.63) is 22.7 Å². The highest BCUT2D eigenvalue weighted by Gasteiger charge is 2.20. The van der Waals surface area contributed by atoms with E-state index in [2.05, 4.69) is 4.72 Å². The molecule has 0 bridgehead atoms. The Kier molecular flexibility index (Phi) is 5.61. The lowest BCUT2D eigenvalue weighted by Gasteiger charge is -2.16. The number of nitrogens with one attached hydrogen (secondary N) is 1. The zero-order valence-corrected chi connectivity index (χ0v) is 12.6. The van der Waals surface area contributed by atoms with Crippen LogP contribution >= 0.6 is 11.6 Å². The summed E-state index contributed by atoms with van der Waals surface area (Å²) < 4.78 is 26.9. The number of aliphatic hydroxyl groups excluding tert-OH is 1. The normalized spacial score (nSPS) is 13.5. The molecule has 0 aromatic heterocycles. The lowest BCUT2D eigenvalue weighted by atomic mass is 10.2. The third-order valence-electron chi connectivity index (χ3n) is 2.96. The number of hydrogen-bond acceptors (Lipinski definition) is 4. The van der Waals surface area contributed by atoms with E-state index in [1.165, 1.54) is 12.1 Å². The maximum absolute atomic E-state index is 12.2. The molecule has 108 valence electrons. The summed E-state index contributed by atoms with van der Waals surface area (Å²) in [5.74, 6) is 0. The summed E-state index contributed by atoms with van der Waals surface area (Å²) in [5, 5.41) is 9.20. The van der Waals surface area contributed by atoms with Gasteiger partial charge in [-0.1, -0.05) is 18.5 Å². The summed E-state index contributed by atoms with van der Waals surface area (Å²) in [6.45, 7) is 3.50. The summed E-state index contributed by atoms with van der Waals surface area (Å²) in [6, 6.07) is 2.45. The van der Waals surface area contributed by atoms with Gasteiger partial charge in [0.25, 0.3) is 0 Å². The molecule has 1 unspecified atom stereocenters. The monoisotopic (exact) mass is 306 g/mol.